The summed E-state index contributed by atoms with van der Waals surface area (Å²) in [6.07, 6.45) is 0.910. The van der Waals surface area contributed by atoms with E-state index in [0.29, 0.717) is 5.75 Å². The Labute approximate surface area is 118 Å². The van der Waals surface area contributed by atoms with E-state index in [4.69, 9.17) is 4.74 Å². The minimum absolute atomic E-state index is 0.0323. The van der Waals surface area contributed by atoms with Crippen molar-refractivity contribution in [2.45, 2.75) is 26.3 Å². The molecule has 0 saturated carbocycles. The summed E-state index contributed by atoms with van der Waals surface area (Å²) in [5, 5.41) is 2.84. The molecule has 0 aliphatic rings. The zero-order valence-electron chi connectivity index (χ0n) is 9.80. The predicted octanol–water partition coefficient (Wildman–Crippen LogP) is 3.51. The average Bonchev–Trinajstić information content (AvgIpc) is 2.27. The molecule has 1 N–H and O–H groups in total. The molecular weight excluding hydrogens is 350 g/mol. The highest BCUT2D eigenvalue weighted by Gasteiger charge is 2.08. The Bertz CT molecular complexity index is 396. The summed E-state index contributed by atoms with van der Waals surface area (Å²) >= 11 is 6.73. The van der Waals surface area contributed by atoms with Crippen molar-refractivity contribution >= 4 is 37.8 Å². The summed E-state index contributed by atoms with van der Waals surface area (Å²) in [6.45, 7) is 4.02. The van der Waals surface area contributed by atoms with E-state index in [1.165, 1.54) is 0 Å². The quantitative estimate of drug-likeness (QED) is 0.868. The zero-order chi connectivity index (χ0) is 12.8. The maximum absolute atomic E-state index is 11.5. The van der Waals surface area contributed by atoms with Gasteiger partial charge in [0.2, 0.25) is 0 Å². The van der Waals surface area contributed by atoms with E-state index in [9.17, 15) is 4.79 Å². The second-order valence-corrected chi connectivity index (χ2v) is 5.51. The molecule has 0 spiro atoms. The summed E-state index contributed by atoms with van der Waals surface area (Å²) in [5.41, 5.74) is 0. The minimum atomic E-state index is -0.103. The molecule has 0 radical (unpaired) electrons. The van der Waals surface area contributed by atoms with Gasteiger partial charge in [-0.25, -0.2) is 0 Å². The fourth-order valence-corrected chi connectivity index (χ4v) is 2.32. The van der Waals surface area contributed by atoms with Crippen molar-refractivity contribution in [2.24, 2.45) is 0 Å². The third kappa shape index (κ3) is 5.08. The molecule has 0 saturated heterocycles. The van der Waals surface area contributed by atoms with Crippen LogP contribution in [0.4, 0.5) is 0 Å². The van der Waals surface area contributed by atoms with Crippen LogP contribution in [-0.2, 0) is 4.79 Å². The number of hydrogen-bond donors (Lipinski definition) is 1. The van der Waals surface area contributed by atoms with E-state index < -0.39 is 0 Å². The fourth-order valence-electron chi connectivity index (χ4n) is 1.15. The van der Waals surface area contributed by atoms with Gasteiger partial charge >= 0.3 is 0 Å². The van der Waals surface area contributed by atoms with Crippen LogP contribution >= 0.6 is 31.9 Å². The van der Waals surface area contributed by atoms with Gasteiger partial charge in [-0.1, -0.05) is 22.9 Å². The molecule has 5 heteroatoms. The van der Waals surface area contributed by atoms with Crippen LogP contribution in [0.25, 0.3) is 0 Å². The fraction of sp³-hybridized carbons (Fsp3) is 0.417. The van der Waals surface area contributed by atoms with Crippen molar-refractivity contribution in [1.29, 1.82) is 0 Å². The highest BCUT2D eigenvalue weighted by atomic mass is 79.9. The van der Waals surface area contributed by atoms with Gasteiger partial charge in [-0.2, -0.15) is 0 Å². The Kier molecular flexibility index (Phi) is 5.98. The number of nitrogens with one attached hydrogen (secondary N) is 1. The monoisotopic (exact) mass is 363 g/mol. The summed E-state index contributed by atoms with van der Waals surface area (Å²) in [7, 11) is 0. The standard InChI is InChI=1S/C12H15Br2NO2/c1-3-8(2)15-12(16)7-17-11-5-4-9(13)6-10(11)14/h4-6,8H,3,7H2,1-2H3,(H,15,16)/t8-/m0/s1. The van der Waals surface area contributed by atoms with E-state index in [-0.39, 0.29) is 18.6 Å². The molecule has 0 bridgehead atoms. The topological polar surface area (TPSA) is 38.3 Å². The van der Waals surface area contributed by atoms with Gasteiger partial charge < -0.3 is 10.1 Å². The molecule has 3 nitrogen and oxygen atoms in total. The van der Waals surface area contributed by atoms with E-state index in [2.05, 4.69) is 37.2 Å². The first-order valence-corrected chi connectivity index (χ1v) is 6.98. The van der Waals surface area contributed by atoms with Crippen LogP contribution in [0.3, 0.4) is 0 Å². The summed E-state index contributed by atoms with van der Waals surface area (Å²) < 4.78 is 7.20. The number of hydrogen-bond acceptors (Lipinski definition) is 2. The van der Waals surface area contributed by atoms with Gasteiger partial charge in [0.15, 0.2) is 6.61 Å². The normalized spacial score (nSPS) is 12.0. The smallest absolute Gasteiger partial charge is 0.258 e. The Morgan fingerprint density at radius 1 is 1.47 bits per heavy atom. The third-order valence-electron chi connectivity index (χ3n) is 2.27. The van der Waals surface area contributed by atoms with Crippen molar-refractivity contribution in [3.8, 4) is 5.75 Å². The molecule has 94 valence electrons. The van der Waals surface area contributed by atoms with Crippen LogP contribution in [0.1, 0.15) is 20.3 Å². The van der Waals surface area contributed by atoms with Crippen LogP contribution in [-0.4, -0.2) is 18.6 Å². The number of rotatable bonds is 5. The maximum Gasteiger partial charge on any atom is 0.258 e. The summed E-state index contributed by atoms with van der Waals surface area (Å²) in [5.74, 6) is 0.557. The first-order valence-electron chi connectivity index (χ1n) is 5.40. The Hall–Kier alpha value is -0.550. The average molecular weight is 365 g/mol. The van der Waals surface area contributed by atoms with E-state index >= 15 is 0 Å². The maximum atomic E-state index is 11.5. The zero-order valence-corrected chi connectivity index (χ0v) is 13.0. The molecule has 17 heavy (non-hydrogen) atoms. The molecule has 1 atom stereocenters. The van der Waals surface area contributed by atoms with Gasteiger partial charge in [0.25, 0.3) is 5.91 Å². The molecule has 0 heterocycles. The van der Waals surface area contributed by atoms with Gasteiger partial charge in [-0.3, -0.25) is 4.79 Å². The lowest BCUT2D eigenvalue weighted by atomic mass is 10.2. The Balaban J connectivity index is 2.47. The molecule has 0 aliphatic heterocycles. The highest BCUT2D eigenvalue weighted by molar-refractivity contribution is 9.11. The lowest BCUT2D eigenvalue weighted by molar-refractivity contribution is -0.123. The van der Waals surface area contributed by atoms with Gasteiger partial charge in [-0.05, 0) is 47.5 Å². The number of carbonyl (C=O) groups is 1. The molecule has 1 rings (SSSR count). The number of carbonyl (C=O) groups excluding carboxylic acids is 1. The van der Waals surface area contributed by atoms with Gasteiger partial charge in [0.05, 0.1) is 4.47 Å². The first kappa shape index (κ1) is 14.5. The first-order chi connectivity index (χ1) is 8.02. The van der Waals surface area contributed by atoms with E-state index in [1.807, 2.05) is 32.0 Å². The molecule has 0 aliphatic carbocycles. The molecular formula is C12H15Br2NO2. The van der Waals surface area contributed by atoms with Crippen LogP contribution in [0.5, 0.6) is 5.75 Å². The largest absolute Gasteiger partial charge is 0.483 e. The van der Waals surface area contributed by atoms with Gasteiger partial charge in [0, 0.05) is 10.5 Å². The SMILES string of the molecule is CC[C@H](C)NC(=O)COc1ccc(Br)cc1Br. The van der Waals surface area contributed by atoms with Crippen LogP contribution in [0, 0.1) is 0 Å². The van der Waals surface area contributed by atoms with Crippen molar-refractivity contribution in [3.63, 3.8) is 0 Å². The lowest BCUT2D eigenvalue weighted by Crippen LogP contribution is -2.35. The lowest BCUT2D eigenvalue weighted by Gasteiger charge is -2.12. The number of amides is 1. The second-order valence-electron chi connectivity index (χ2n) is 3.74. The van der Waals surface area contributed by atoms with E-state index in [0.717, 1.165) is 15.4 Å². The van der Waals surface area contributed by atoms with Crippen molar-refractivity contribution < 1.29 is 9.53 Å². The van der Waals surface area contributed by atoms with Crippen molar-refractivity contribution in [3.05, 3.63) is 27.1 Å². The predicted molar refractivity (Wildman–Crippen MR) is 75.2 cm³/mol. The van der Waals surface area contributed by atoms with Gasteiger partial charge in [-0.15, -0.1) is 0 Å². The summed E-state index contributed by atoms with van der Waals surface area (Å²) in [6, 6.07) is 5.73. The third-order valence-corrected chi connectivity index (χ3v) is 3.39. The molecule has 0 unspecified atom stereocenters. The molecule has 1 aromatic rings. The van der Waals surface area contributed by atoms with Crippen molar-refractivity contribution in [2.75, 3.05) is 6.61 Å². The van der Waals surface area contributed by atoms with Gasteiger partial charge in [0.1, 0.15) is 5.75 Å². The highest BCUT2D eigenvalue weighted by Crippen LogP contribution is 2.27. The Morgan fingerprint density at radius 3 is 2.76 bits per heavy atom. The van der Waals surface area contributed by atoms with Crippen molar-refractivity contribution in [1.82, 2.24) is 5.32 Å². The van der Waals surface area contributed by atoms with E-state index in [1.54, 1.807) is 0 Å². The summed E-state index contributed by atoms with van der Waals surface area (Å²) in [4.78, 5) is 11.5. The van der Waals surface area contributed by atoms with Crippen LogP contribution < -0.4 is 10.1 Å². The number of ether oxygens (including phenoxy) is 1. The number of halogens is 2. The van der Waals surface area contributed by atoms with Crippen LogP contribution in [0.15, 0.2) is 27.1 Å². The second kappa shape index (κ2) is 7.01. The molecule has 0 aromatic heterocycles. The number of benzene rings is 1. The molecule has 0 fully saturated rings. The molecule has 1 aromatic carbocycles. The van der Waals surface area contributed by atoms with Crippen LogP contribution in [0.2, 0.25) is 0 Å². The minimum Gasteiger partial charge on any atom is -0.483 e. The molecule has 1 amide bonds. The Morgan fingerprint density at radius 2 is 2.18 bits per heavy atom.